The summed E-state index contributed by atoms with van der Waals surface area (Å²) in [5, 5.41) is 1.11. The van der Waals surface area contributed by atoms with Crippen molar-refractivity contribution in [3.63, 3.8) is 0 Å². The molecule has 134 valence electrons. The first-order valence-corrected chi connectivity index (χ1v) is 9.20. The molecule has 5 nitrogen and oxygen atoms in total. The number of nitrogens with zero attached hydrogens (tertiary/aromatic N) is 3. The number of hydrogen-bond acceptors (Lipinski definition) is 3. The zero-order chi connectivity index (χ0) is 18.3. The Hall–Kier alpha value is -2.08. The first-order valence-electron chi connectivity index (χ1n) is 8.44. The van der Waals surface area contributed by atoms with Gasteiger partial charge in [0.05, 0.1) is 16.1 Å². The van der Waals surface area contributed by atoms with Crippen LogP contribution in [-0.4, -0.2) is 58.9 Å². The van der Waals surface area contributed by atoms with E-state index in [-0.39, 0.29) is 5.91 Å². The number of amides is 1. The standard InChI is InChI=1S/C19H18Cl2N4O/c1-24-6-8-25(9-7-24)19(26)12-2-5-16-17(10-12)23-18(22-16)14-4-3-13(20)11-15(14)21/h2-5,10-11H,6-9H2,1H3,(H,22,23). The smallest absolute Gasteiger partial charge is 0.254 e. The van der Waals surface area contributed by atoms with E-state index in [2.05, 4.69) is 21.9 Å². The average Bonchev–Trinajstić information content (AvgIpc) is 3.04. The summed E-state index contributed by atoms with van der Waals surface area (Å²) >= 11 is 12.2. The van der Waals surface area contributed by atoms with E-state index in [4.69, 9.17) is 23.2 Å². The number of imidazole rings is 1. The van der Waals surface area contributed by atoms with Crippen molar-refractivity contribution in [3.8, 4) is 11.4 Å². The van der Waals surface area contributed by atoms with Gasteiger partial charge in [-0.05, 0) is 43.4 Å². The third kappa shape index (κ3) is 3.30. The second kappa shape index (κ2) is 6.91. The molecule has 2 aromatic carbocycles. The maximum atomic E-state index is 12.8. The van der Waals surface area contributed by atoms with Crippen LogP contribution in [0, 0.1) is 0 Å². The summed E-state index contributed by atoms with van der Waals surface area (Å²) in [4.78, 5) is 24.7. The van der Waals surface area contributed by atoms with Crippen LogP contribution in [0.15, 0.2) is 36.4 Å². The van der Waals surface area contributed by atoms with Crippen molar-refractivity contribution in [2.75, 3.05) is 33.2 Å². The fourth-order valence-corrected chi connectivity index (χ4v) is 3.64. The summed E-state index contributed by atoms with van der Waals surface area (Å²) in [5.41, 5.74) is 3.05. The average molecular weight is 389 g/mol. The van der Waals surface area contributed by atoms with Crippen LogP contribution in [0.25, 0.3) is 22.4 Å². The molecule has 1 N–H and O–H groups in total. The van der Waals surface area contributed by atoms with Crippen molar-refractivity contribution in [1.29, 1.82) is 0 Å². The second-order valence-corrected chi connectivity index (χ2v) is 7.38. The normalized spacial score (nSPS) is 15.6. The minimum absolute atomic E-state index is 0.0562. The van der Waals surface area contributed by atoms with Crippen molar-refractivity contribution >= 4 is 40.1 Å². The minimum atomic E-state index is 0.0562. The van der Waals surface area contributed by atoms with Gasteiger partial charge in [0.2, 0.25) is 0 Å². The number of benzene rings is 2. The molecule has 1 amide bonds. The van der Waals surface area contributed by atoms with Crippen molar-refractivity contribution in [2.24, 2.45) is 0 Å². The molecule has 1 fully saturated rings. The fraction of sp³-hybridized carbons (Fsp3) is 0.263. The molecule has 0 aliphatic carbocycles. The van der Waals surface area contributed by atoms with Gasteiger partial charge in [-0.15, -0.1) is 0 Å². The first kappa shape index (κ1) is 17.3. The Labute approximate surface area is 161 Å². The fourth-order valence-electron chi connectivity index (χ4n) is 3.14. The lowest BCUT2D eigenvalue weighted by atomic mass is 10.1. The molecule has 4 rings (SSSR count). The highest BCUT2D eigenvalue weighted by Gasteiger charge is 2.21. The molecule has 7 heteroatoms. The molecule has 0 bridgehead atoms. The van der Waals surface area contributed by atoms with Gasteiger partial charge < -0.3 is 14.8 Å². The summed E-state index contributed by atoms with van der Waals surface area (Å²) in [6.07, 6.45) is 0. The molecule has 26 heavy (non-hydrogen) atoms. The Balaban J connectivity index is 1.64. The lowest BCUT2D eigenvalue weighted by molar-refractivity contribution is 0.0664. The topological polar surface area (TPSA) is 52.2 Å². The number of likely N-dealkylation sites (N-methyl/N-ethyl adjacent to an activating group) is 1. The zero-order valence-electron chi connectivity index (χ0n) is 14.3. The Kier molecular flexibility index (Phi) is 4.61. The molecule has 1 aliphatic rings. The van der Waals surface area contributed by atoms with Crippen molar-refractivity contribution in [3.05, 3.63) is 52.0 Å². The van der Waals surface area contributed by atoms with E-state index in [0.717, 1.165) is 42.8 Å². The molecule has 0 spiro atoms. The molecule has 0 radical (unpaired) electrons. The van der Waals surface area contributed by atoms with Crippen LogP contribution in [0.5, 0.6) is 0 Å². The SMILES string of the molecule is CN1CCN(C(=O)c2ccc3nc(-c4ccc(Cl)cc4Cl)[nH]c3c2)CC1. The number of aromatic nitrogens is 2. The molecule has 0 unspecified atom stereocenters. The molecule has 2 heterocycles. The predicted octanol–water partition coefficient (Wildman–Crippen LogP) is 3.92. The van der Waals surface area contributed by atoms with E-state index in [1.165, 1.54) is 0 Å². The Morgan fingerprint density at radius 3 is 2.58 bits per heavy atom. The van der Waals surface area contributed by atoms with Crippen LogP contribution < -0.4 is 0 Å². The number of carbonyl (C=O) groups is 1. The highest BCUT2D eigenvalue weighted by molar-refractivity contribution is 6.36. The van der Waals surface area contributed by atoms with Gasteiger partial charge in [0.15, 0.2) is 0 Å². The summed E-state index contributed by atoms with van der Waals surface area (Å²) in [6, 6.07) is 10.8. The molecule has 1 saturated heterocycles. The molecular formula is C19H18Cl2N4O. The number of hydrogen-bond donors (Lipinski definition) is 1. The second-order valence-electron chi connectivity index (χ2n) is 6.54. The van der Waals surface area contributed by atoms with Crippen molar-refractivity contribution in [1.82, 2.24) is 19.8 Å². The molecule has 0 atom stereocenters. The quantitative estimate of drug-likeness (QED) is 0.723. The number of nitrogens with one attached hydrogen (secondary N) is 1. The Bertz CT molecular complexity index is 977. The van der Waals surface area contributed by atoms with Crippen LogP contribution in [0.1, 0.15) is 10.4 Å². The van der Waals surface area contributed by atoms with Gasteiger partial charge in [0.25, 0.3) is 5.91 Å². The molecule has 1 aliphatic heterocycles. The molecule has 0 saturated carbocycles. The van der Waals surface area contributed by atoms with Gasteiger partial charge in [0, 0.05) is 42.3 Å². The number of fused-ring (bicyclic) bond motifs is 1. The zero-order valence-corrected chi connectivity index (χ0v) is 15.8. The minimum Gasteiger partial charge on any atom is -0.338 e. The van der Waals surface area contributed by atoms with E-state index in [1.807, 2.05) is 29.2 Å². The van der Waals surface area contributed by atoms with Crippen molar-refractivity contribution in [2.45, 2.75) is 0 Å². The highest BCUT2D eigenvalue weighted by atomic mass is 35.5. The van der Waals surface area contributed by atoms with Crippen LogP contribution in [-0.2, 0) is 0 Å². The number of halogens is 2. The van der Waals surface area contributed by atoms with Gasteiger partial charge in [-0.2, -0.15) is 0 Å². The van der Waals surface area contributed by atoms with E-state index in [1.54, 1.807) is 12.1 Å². The maximum absolute atomic E-state index is 12.8. The van der Waals surface area contributed by atoms with Crippen LogP contribution in [0.3, 0.4) is 0 Å². The lowest BCUT2D eigenvalue weighted by Crippen LogP contribution is -2.47. The van der Waals surface area contributed by atoms with E-state index in [0.29, 0.717) is 21.4 Å². The summed E-state index contributed by atoms with van der Waals surface area (Å²) in [6.45, 7) is 3.30. The largest absolute Gasteiger partial charge is 0.338 e. The van der Waals surface area contributed by atoms with Gasteiger partial charge in [-0.25, -0.2) is 4.98 Å². The van der Waals surface area contributed by atoms with Gasteiger partial charge in [-0.3, -0.25) is 4.79 Å². The lowest BCUT2D eigenvalue weighted by Gasteiger charge is -2.32. The Morgan fingerprint density at radius 1 is 1.08 bits per heavy atom. The maximum Gasteiger partial charge on any atom is 0.254 e. The Morgan fingerprint density at radius 2 is 1.85 bits per heavy atom. The summed E-state index contributed by atoms with van der Waals surface area (Å²) < 4.78 is 0. The first-order chi connectivity index (χ1) is 12.5. The van der Waals surface area contributed by atoms with Gasteiger partial charge in [0.1, 0.15) is 5.82 Å². The number of aromatic amines is 1. The van der Waals surface area contributed by atoms with E-state index >= 15 is 0 Å². The predicted molar refractivity (Wildman–Crippen MR) is 105 cm³/mol. The number of piperazine rings is 1. The van der Waals surface area contributed by atoms with E-state index in [9.17, 15) is 4.79 Å². The number of rotatable bonds is 2. The van der Waals surface area contributed by atoms with Crippen molar-refractivity contribution < 1.29 is 4.79 Å². The summed E-state index contributed by atoms with van der Waals surface area (Å²) in [7, 11) is 2.07. The van der Waals surface area contributed by atoms with Crippen LogP contribution >= 0.6 is 23.2 Å². The monoisotopic (exact) mass is 388 g/mol. The van der Waals surface area contributed by atoms with Gasteiger partial charge in [-0.1, -0.05) is 23.2 Å². The number of carbonyl (C=O) groups excluding carboxylic acids is 1. The van der Waals surface area contributed by atoms with Crippen LogP contribution in [0.4, 0.5) is 0 Å². The third-order valence-electron chi connectivity index (χ3n) is 4.71. The van der Waals surface area contributed by atoms with E-state index < -0.39 is 0 Å². The number of H-pyrrole nitrogens is 1. The molecular weight excluding hydrogens is 371 g/mol. The van der Waals surface area contributed by atoms with Gasteiger partial charge >= 0.3 is 0 Å². The summed E-state index contributed by atoms with van der Waals surface area (Å²) in [5.74, 6) is 0.714. The molecule has 3 aromatic rings. The third-order valence-corrected chi connectivity index (χ3v) is 5.25. The molecule has 1 aromatic heterocycles. The van der Waals surface area contributed by atoms with Crippen LogP contribution in [0.2, 0.25) is 10.0 Å². The highest BCUT2D eigenvalue weighted by Crippen LogP contribution is 2.30.